The van der Waals surface area contributed by atoms with E-state index in [2.05, 4.69) is 4.98 Å². The first kappa shape index (κ1) is 22.2. The van der Waals surface area contributed by atoms with Gasteiger partial charge in [-0.05, 0) is 30.7 Å². The molecule has 2 aromatic heterocycles. The van der Waals surface area contributed by atoms with Crippen LogP contribution in [0.25, 0.3) is 21.9 Å². The fourth-order valence-corrected chi connectivity index (χ4v) is 4.02. The van der Waals surface area contributed by atoms with Gasteiger partial charge in [0.15, 0.2) is 12.7 Å². The predicted octanol–water partition coefficient (Wildman–Crippen LogP) is 5.13. The molecular formula is C28H21NO6. The molecule has 0 bridgehead atoms. The summed E-state index contributed by atoms with van der Waals surface area (Å²) in [4.78, 5) is 40.9. The largest absolute Gasteiger partial charge is 0.482 e. The maximum Gasteiger partial charge on any atom is 0.345 e. The first-order valence-corrected chi connectivity index (χ1v) is 11.0. The number of aryl methyl sites for hydroxylation is 1. The molecule has 0 spiro atoms. The highest BCUT2D eigenvalue weighted by molar-refractivity contribution is 6.10. The highest BCUT2D eigenvalue weighted by atomic mass is 16.6. The number of fused-ring (bicyclic) bond motifs is 2. The minimum Gasteiger partial charge on any atom is -0.482 e. The molecule has 0 aliphatic carbocycles. The zero-order valence-electron chi connectivity index (χ0n) is 18.8. The molecule has 0 fully saturated rings. The number of ether oxygens (including phenoxy) is 2. The Labute approximate surface area is 199 Å². The Kier molecular flexibility index (Phi) is 5.89. The van der Waals surface area contributed by atoms with E-state index in [1.807, 2.05) is 37.3 Å². The van der Waals surface area contributed by atoms with Gasteiger partial charge in [0.25, 0.3) is 0 Å². The number of H-pyrrole nitrogens is 1. The molecule has 0 radical (unpaired) electrons. The average molecular weight is 467 g/mol. The van der Waals surface area contributed by atoms with Gasteiger partial charge in [-0.1, -0.05) is 48.5 Å². The summed E-state index contributed by atoms with van der Waals surface area (Å²) in [5.41, 5.74) is 2.48. The maximum absolute atomic E-state index is 13.5. The number of aromatic nitrogens is 1. The number of carbonyl (C=O) groups is 2. The summed E-state index contributed by atoms with van der Waals surface area (Å²) in [6.45, 7) is 1.39. The Balaban J connectivity index is 1.36. The highest BCUT2D eigenvalue weighted by Crippen LogP contribution is 2.28. The van der Waals surface area contributed by atoms with E-state index in [9.17, 15) is 14.4 Å². The molecule has 0 amide bonds. The molecule has 7 heteroatoms. The van der Waals surface area contributed by atoms with Gasteiger partial charge in [-0.3, -0.25) is 4.79 Å². The Morgan fingerprint density at radius 2 is 1.71 bits per heavy atom. The smallest absolute Gasteiger partial charge is 0.345 e. The van der Waals surface area contributed by atoms with Gasteiger partial charge >= 0.3 is 11.6 Å². The van der Waals surface area contributed by atoms with Crippen molar-refractivity contribution in [3.05, 3.63) is 112 Å². The van der Waals surface area contributed by atoms with Crippen LogP contribution in [0.5, 0.6) is 5.75 Å². The summed E-state index contributed by atoms with van der Waals surface area (Å²) in [6.07, 6.45) is 0.488. The van der Waals surface area contributed by atoms with Crippen LogP contribution >= 0.6 is 0 Å². The van der Waals surface area contributed by atoms with Crippen LogP contribution in [0.3, 0.4) is 0 Å². The van der Waals surface area contributed by atoms with Crippen molar-refractivity contribution in [2.45, 2.75) is 13.0 Å². The van der Waals surface area contributed by atoms with E-state index in [1.165, 1.54) is 6.07 Å². The van der Waals surface area contributed by atoms with E-state index in [0.717, 1.165) is 21.9 Å². The number of para-hydroxylation sites is 1. The molecule has 35 heavy (non-hydrogen) atoms. The molecule has 2 heterocycles. The number of esters is 1. The summed E-state index contributed by atoms with van der Waals surface area (Å²) in [5, 5.41) is 1.52. The monoisotopic (exact) mass is 467 g/mol. The van der Waals surface area contributed by atoms with E-state index in [-0.39, 0.29) is 5.78 Å². The quantitative estimate of drug-likeness (QED) is 0.202. The zero-order chi connectivity index (χ0) is 24.4. The molecular weight excluding hydrogens is 446 g/mol. The Hall–Kier alpha value is -4.65. The molecule has 0 aliphatic heterocycles. The number of ketones is 1. The standard InChI is InChI=1S/C28H21NO6/c1-17-13-25(30)34-24-14-19(11-12-20(17)24)33-16-26(31)35-28(18-7-3-2-4-8-18)27(32)22-15-29-23-10-6-5-9-21(22)23/h2-15,28-29H,16H2,1H3. The molecule has 1 atom stereocenters. The molecule has 1 N–H and O–H groups in total. The third-order valence-corrected chi connectivity index (χ3v) is 5.72. The number of rotatable bonds is 7. The van der Waals surface area contributed by atoms with Crippen LogP contribution in [0.4, 0.5) is 0 Å². The summed E-state index contributed by atoms with van der Waals surface area (Å²) < 4.78 is 16.4. The molecule has 174 valence electrons. The average Bonchev–Trinajstić information content (AvgIpc) is 3.30. The second-order valence-electron chi connectivity index (χ2n) is 8.09. The Morgan fingerprint density at radius 3 is 2.54 bits per heavy atom. The lowest BCUT2D eigenvalue weighted by molar-refractivity contribution is -0.149. The summed E-state index contributed by atoms with van der Waals surface area (Å²) in [6, 6.07) is 22.7. The van der Waals surface area contributed by atoms with E-state index in [4.69, 9.17) is 13.9 Å². The van der Waals surface area contributed by atoms with Gasteiger partial charge in [0.1, 0.15) is 11.3 Å². The van der Waals surface area contributed by atoms with Crippen molar-refractivity contribution in [1.82, 2.24) is 4.98 Å². The number of aromatic amines is 1. The first-order chi connectivity index (χ1) is 17.0. The molecule has 0 saturated carbocycles. The van der Waals surface area contributed by atoms with E-state index >= 15 is 0 Å². The second-order valence-corrected chi connectivity index (χ2v) is 8.09. The first-order valence-electron chi connectivity index (χ1n) is 11.0. The van der Waals surface area contributed by atoms with Crippen LogP contribution in [0.1, 0.15) is 27.6 Å². The van der Waals surface area contributed by atoms with Crippen molar-refractivity contribution in [1.29, 1.82) is 0 Å². The van der Waals surface area contributed by atoms with Crippen molar-refractivity contribution in [3.63, 3.8) is 0 Å². The second kappa shape index (κ2) is 9.30. The molecule has 5 aromatic rings. The topological polar surface area (TPSA) is 98.6 Å². The molecule has 7 nitrogen and oxygen atoms in total. The highest BCUT2D eigenvalue weighted by Gasteiger charge is 2.28. The SMILES string of the molecule is Cc1cc(=O)oc2cc(OCC(=O)OC(C(=O)c3c[nH]c4ccccc34)c3ccccc3)ccc12. The van der Waals surface area contributed by atoms with Crippen LogP contribution < -0.4 is 10.4 Å². The minimum absolute atomic E-state index is 0.336. The fourth-order valence-electron chi connectivity index (χ4n) is 4.02. The lowest BCUT2D eigenvalue weighted by Gasteiger charge is -2.17. The number of hydrogen-bond donors (Lipinski definition) is 1. The van der Waals surface area contributed by atoms with Crippen LogP contribution in [-0.2, 0) is 9.53 Å². The van der Waals surface area contributed by atoms with E-state index < -0.39 is 24.3 Å². The van der Waals surface area contributed by atoms with Gasteiger partial charge in [-0.25, -0.2) is 9.59 Å². The fraction of sp³-hybridized carbons (Fsp3) is 0.107. The third-order valence-electron chi connectivity index (χ3n) is 5.72. The van der Waals surface area contributed by atoms with E-state index in [1.54, 1.807) is 48.7 Å². The number of carbonyl (C=O) groups excluding carboxylic acids is 2. The van der Waals surface area contributed by atoms with Crippen LogP contribution in [-0.4, -0.2) is 23.3 Å². The lowest BCUT2D eigenvalue weighted by atomic mass is 9.99. The molecule has 0 aliphatic rings. The van der Waals surface area contributed by atoms with Gasteiger partial charge in [0, 0.05) is 45.7 Å². The van der Waals surface area contributed by atoms with Gasteiger partial charge in [-0.15, -0.1) is 0 Å². The van der Waals surface area contributed by atoms with Gasteiger partial charge in [-0.2, -0.15) is 0 Å². The number of nitrogens with one attached hydrogen (secondary N) is 1. The van der Waals surface area contributed by atoms with Gasteiger partial charge in [0.05, 0.1) is 0 Å². The van der Waals surface area contributed by atoms with Crippen molar-refractivity contribution in [2.24, 2.45) is 0 Å². The zero-order valence-corrected chi connectivity index (χ0v) is 18.8. The van der Waals surface area contributed by atoms with Crippen molar-refractivity contribution in [2.75, 3.05) is 6.61 Å². The number of benzene rings is 3. The van der Waals surface area contributed by atoms with Crippen molar-refractivity contribution in [3.8, 4) is 5.75 Å². The van der Waals surface area contributed by atoms with Crippen LogP contribution in [0.15, 0.2) is 94.3 Å². The normalized spacial score (nSPS) is 11.9. The molecule has 0 saturated heterocycles. The lowest BCUT2D eigenvalue weighted by Crippen LogP contribution is -2.23. The van der Waals surface area contributed by atoms with Gasteiger partial charge < -0.3 is 18.9 Å². The summed E-state index contributed by atoms with van der Waals surface area (Å²) in [5.74, 6) is -0.717. The Bertz CT molecular complexity index is 1600. The van der Waals surface area contributed by atoms with Crippen molar-refractivity contribution < 1.29 is 23.5 Å². The summed E-state index contributed by atoms with van der Waals surface area (Å²) in [7, 11) is 0. The third kappa shape index (κ3) is 4.56. The molecule has 5 rings (SSSR count). The minimum atomic E-state index is -1.14. The van der Waals surface area contributed by atoms with Gasteiger partial charge in [0.2, 0.25) is 5.78 Å². The Morgan fingerprint density at radius 1 is 0.943 bits per heavy atom. The molecule has 1 unspecified atom stereocenters. The maximum atomic E-state index is 13.5. The van der Waals surface area contributed by atoms with Crippen LogP contribution in [0, 0.1) is 6.92 Å². The number of hydrogen-bond acceptors (Lipinski definition) is 6. The number of Topliss-reactive ketones (excluding diaryl/α,β-unsaturated/α-hetero) is 1. The van der Waals surface area contributed by atoms with E-state index in [0.29, 0.717) is 22.5 Å². The molecule has 3 aromatic carbocycles. The van der Waals surface area contributed by atoms with Crippen LogP contribution in [0.2, 0.25) is 0 Å². The predicted molar refractivity (Wildman–Crippen MR) is 131 cm³/mol. The summed E-state index contributed by atoms with van der Waals surface area (Å²) >= 11 is 0. The van der Waals surface area contributed by atoms with Crippen molar-refractivity contribution >= 4 is 33.6 Å².